The number of carbonyl (C=O) groups is 1. The molecule has 0 bridgehead atoms. The van der Waals surface area contributed by atoms with Crippen molar-refractivity contribution in [2.24, 2.45) is 0 Å². The molecule has 0 saturated carbocycles. The fourth-order valence-electron chi connectivity index (χ4n) is 3.22. The quantitative estimate of drug-likeness (QED) is 0.463. The normalized spacial score (nSPS) is 11.4. The summed E-state index contributed by atoms with van der Waals surface area (Å²) in [5.74, 6) is -1.94. The van der Waals surface area contributed by atoms with Gasteiger partial charge in [0.15, 0.2) is 5.58 Å². The summed E-state index contributed by atoms with van der Waals surface area (Å²) < 4.78 is 48.0. The molecule has 8 nitrogen and oxygen atoms in total. The van der Waals surface area contributed by atoms with E-state index in [0.29, 0.717) is 16.7 Å². The number of para-hydroxylation sites is 3. The van der Waals surface area contributed by atoms with E-state index in [4.69, 9.17) is 4.42 Å². The van der Waals surface area contributed by atoms with Crippen molar-refractivity contribution in [1.29, 1.82) is 0 Å². The second-order valence-electron chi connectivity index (χ2n) is 7.04. The smallest absolute Gasteiger partial charge is 0.408 e. The van der Waals surface area contributed by atoms with Crippen molar-refractivity contribution >= 4 is 38.4 Å². The van der Waals surface area contributed by atoms with Gasteiger partial charge in [0.2, 0.25) is 5.91 Å². The van der Waals surface area contributed by atoms with Gasteiger partial charge in [-0.2, -0.15) is 0 Å². The van der Waals surface area contributed by atoms with Gasteiger partial charge in [-0.15, -0.1) is 0 Å². The van der Waals surface area contributed by atoms with Gasteiger partial charge < -0.3 is 9.73 Å². The van der Waals surface area contributed by atoms with Crippen molar-refractivity contribution in [3.8, 4) is 0 Å². The van der Waals surface area contributed by atoms with Crippen LogP contribution in [-0.2, 0) is 21.4 Å². The summed E-state index contributed by atoms with van der Waals surface area (Å²) in [6.45, 7) is 1.26. The highest BCUT2D eigenvalue weighted by molar-refractivity contribution is 7.92. The molecule has 3 aromatic carbocycles. The molecule has 0 unspecified atom stereocenters. The summed E-state index contributed by atoms with van der Waals surface area (Å²) >= 11 is 0. The monoisotopic (exact) mass is 455 g/mol. The number of oxazole rings is 1. The van der Waals surface area contributed by atoms with E-state index in [0.717, 1.165) is 6.07 Å². The number of halogens is 1. The predicted octanol–water partition coefficient (Wildman–Crippen LogP) is 3.48. The fraction of sp³-hybridized carbons (Fsp3) is 0.0909. The number of fused-ring (bicyclic) bond motifs is 1. The van der Waals surface area contributed by atoms with Gasteiger partial charge in [-0.1, -0.05) is 30.3 Å². The van der Waals surface area contributed by atoms with E-state index in [9.17, 15) is 22.4 Å². The van der Waals surface area contributed by atoms with Gasteiger partial charge in [0, 0.05) is 5.69 Å². The lowest BCUT2D eigenvalue weighted by Crippen LogP contribution is -2.25. The van der Waals surface area contributed by atoms with Gasteiger partial charge >= 0.3 is 5.76 Å². The van der Waals surface area contributed by atoms with Gasteiger partial charge in [0.1, 0.15) is 12.4 Å². The van der Waals surface area contributed by atoms with E-state index in [2.05, 4.69) is 10.0 Å². The molecule has 0 aliphatic carbocycles. The molecule has 0 fully saturated rings. The van der Waals surface area contributed by atoms with Gasteiger partial charge in [-0.25, -0.2) is 17.6 Å². The van der Waals surface area contributed by atoms with Gasteiger partial charge in [0.05, 0.1) is 16.1 Å². The maximum atomic E-state index is 13.9. The molecule has 10 heteroatoms. The number of amides is 1. The lowest BCUT2D eigenvalue weighted by atomic mass is 10.2. The third-order valence-corrected chi connectivity index (χ3v) is 6.26. The Labute approximate surface area is 182 Å². The largest absolute Gasteiger partial charge is 0.420 e. The Kier molecular flexibility index (Phi) is 5.54. The minimum atomic E-state index is -4.12. The van der Waals surface area contributed by atoms with Crippen LogP contribution in [0.25, 0.3) is 11.1 Å². The van der Waals surface area contributed by atoms with E-state index in [1.165, 1.54) is 41.0 Å². The van der Waals surface area contributed by atoms with Crippen LogP contribution in [0.15, 0.2) is 80.8 Å². The molecule has 0 aliphatic rings. The molecule has 4 aromatic rings. The molecular formula is C22H18FN3O5S. The summed E-state index contributed by atoms with van der Waals surface area (Å²) in [5.41, 5.74) is 1.24. The summed E-state index contributed by atoms with van der Waals surface area (Å²) in [4.78, 5) is 24.5. The maximum absolute atomic E-state index is 13.9. The molecule has 0 radical (unpaired) electrons. The number of anilines is 2. The van der Waals surface area contributed by atoms with Crippen LogP contribution in [0.5, 0.6) is 0 Å². The maximum Gasteiger partial charge on any atom is 0.420 e. The van der Waals surface area contributed by atoms with Crippen LogP contribution in [0.1, 0.15) is 5.56 Å². The number of benzene rings is 3. The highest BCUT2D eigenvalue weighted by Gasteiger charge is 2.20. The van der Waals surface area contributed by atoms with Crippen LogP contribution < -0.4 is 15.8 Å². The number of nitrogens with zero attached hydrogens (tertiary/aromatic N) is 1. The number of hydrogen-bond donors (Lipinski definition) is 2. The molecule has 0 spiro atoms. The van der Waals surface area contributed by atoms with E-state index in [1.807, 2.05) is 0 Å². The molecule has 4 rings (SSSR count). The molecule has 32 heavy (non-hydrogen) atoms. The first-order valence-corrected chi connectivity index (χ1v) is 11.0. The second-order valence-corrected chi connectivity index (χ2v) is 8.69. The molecule has 164 valence electrons. The van der Waals surface area contributed by atoms with Crippen molar-refractivity contribution in [1.82, 2.24) is 4.57 Å². The van der Waals surface area contributed by atoms with E-state index < -0.39 is 27.5 Å². The van der Waals surface area contributed by atoms with Gasteiger partial charge in [-0.3, -0.25) is 14.1 Å². The third kappa shape index (κ3) is 4.26. The Morgan fingerprint density at radius 1 is 1.06 bits per heavy atom. The second kappa shape index (κ2) is 8.31. The summed E-state index contributed by atoms with van der Waals surface area (Å²) in [6.07, 6.45) is 0. The fourth-order valence-corrected chi connectivity index (χ4v) is 4.56. The molecule has 0 saturated heterocycles. The SMILES string of the molecule is Cc1ccc(NC(=O)Cn2c(=O)oc3ccccc32)cc1S(=O)(=O)Nc1ccccc1F. The molecule has 1 heterocycles. The summed E-state index contributed by atoms with van der Waals surface area (Å²) in [6, 6.07) is 16.4. The molecule has 1 amide bonds. The summed E-state index contributed by atoms with van der Waals surface area (Å²) in [7, 11) is -4.12. The van der Waals surface area contributed by atoms with Crippen LogP contribution in [0.4, 0.5) is 15.8 Å². The predicted molar refractivity (Wildman–Crippen MR) is 117 cm³/mol. The van der Waals surface area contributed by atoms with Crippen molar-refractivity contribution in [3.05, 3.63) is 88.7 Å². The van der Waals surface area contributed by atoms with Crippen molar-refractivity contribution < 1.29 is 22.0 Å². The Morgan fingerprint density at radius 2 is 1.78 bits per heavy atom. The third-order valence-electron chi connectivity index (χ3n) is 4.76. The number of sulfonamides is 1. The van der Waals surface area contributed by atoms with Crippen molar-refractivity contribution in [2.75, 3.05) is 10.0 Å². The number of hydrogen-bond acceptors (Lipinski definition) is 5. The zero-order valence-corrected chi connectivity index (χ0v) is 17.6. The van der Waals surface area contributed by atoms with Crippen LogP contribution in [0.3, 0.4) is 0 Å². The van der Waals surface area contributed by atoms with E-state index >= 15 is 0 Å². The van der Waals surface area contributed by atoms with E-state index in [-0.39, 0.29) is 22.8 Å². The number of aromatic nitrogens is 1. The Balaban J connectivity index is 1.57. The first-order valence-electron chi connectivity index (χ1n) is 9.51. The molecule has 1 aromatic heterocycles. The van der Waals surface area contributed by atoms with Crippen LogP contribution in [0.2, 0.25) is 0 Å². The zero-order valence-electron chi connectivity index (χ0n) is 16.8. The standard InChI is InChI=1S/C22H18FN3O5S/c1-14-10-11-15(12-20(14)32(29,30)25-17-7-3-2-6-16(17)23)24-21(27)13-26-18-8-4-5-9-19(18)31-22(26)28/h2-12,25H,13H2,1H3,(H,24,27). The van der Waals surface area contributed by atoms with Crippen molar-refractivity contribution in [3.63, 3.8) is 0 Å². The average Bonchev–Trinajstić information content (AvgIpc) is 3.06. The lowest BCUT2D eigenvalue weighted by molar-refractivity contribution is -0.116. The number of carbonyl (C=O) groups excluding carboxylic acids is 1. The Morgan fingerprint density at radius 3 is 2.56 bits per heavy atom. The summed E-state index contributed by atoms with van der Waals surface area (Å²) in [5, 5.41) is 2.58. The van der Waals surface area contributed by atoms with Crippen molar-refractivity contribution in [2.45, 2.75) is 18.4 Å². The Hall–Kier alpha value is -3.92. The molecular weight excluding hydrogens is 437 g/mol. The minimum absolute atomic E-state index is 0.121. The minimum Gasteiger partial charge on any atom is -0.408 e. The first-order chi connectivity index (χ1) is 15.2. The average molecular weight is 455 g/mol. The molecule has 2 N–H and O–H groups in total. The molecule has 0 atom stereocenters. The number of rotatable bonds is 6. The lowest BCUT2D eigenvalue weighted by Gasteiger charge is -2.13. The number of nitrogens with one attached hydrogen (secondary N) is 2. The molecule has 0 aliphatic heterocycles. The number of aryl methyl sites for hydroxylation is 1. The first kappa shape index (κ1) is 21.3. The van der Waals surface area contributed by atoms with Gasteiger partial charge in [-0.05, 0) is 48.9 Å². The van der Waals surface area contributed by atoms with Crippen LogP contribution in [0, 0.1) is 12.7 Å². The van der Waals surface area contributed by atoms with Gasteiger partial charge in [0.25, 0.3) is 10.0 Å². The zero-order chi connectivity index (χ0) is 22.9. The van der Waals surface area contributed by atoms with Crippen LogP contribution in [-0.4, -0.2) is 18.9 Å². The highest BCUT2D eigenvalue weighted by atomic mass is 32.2. The van der Waals surface area contributed by atoms with Crippen LogP contribution >= 0.6 is 0 Å². The topological polar surface area (TPSA) is 110 Å². The Bertz CT molecular complexity index is 1490. The highest BCUT2D eigenvalue weighted by Crippen LogP contribution is 2.24. The van der Waals surface area contributed by atoms with E-state index in [1.54, 1.807) is 31.2 Å².